The largest absolute Gasteiger partial charge is 0.493 e. The molecule has 0 aliphatic heterocycles. The number of aromatic amines is 2. The molecule has 7 heteroatoms. The molecule has 0 amide bonds. The highest BCUT2D eigenvalue weighted by atomic mass is 79.9. The predicted molar refractivity (Wildman–Crippen MR) is 122 cm³/mol. The van der Waals surface area contributed by atoms with E-state index in [0.29, 0.717) is 17.1 Å². The number of halogens is 1. The van der Waals surface area contributed by atoms with Crippen molar-refractivity contribution in [1.82, 2.24) is 15.2 Å². The van der Waals surface area contributed by atoms with Crippen molar-refractivity contribution in [3.05, 3.63) is 69.1 Å². The minimum Gasteiger partial charge on any atom is -0.493 e. The van der Waals surface area contributed by atoms with Crippen molar-refractivity contribution in [1.29, 1.82) is 0 Å². The lowest BCUT2D eigenvalue weighted by Crippen LogP contribution is -2.12. The third-order valence-corrected chi connectivity index (χ3v) is 5.38. The molecule has 6 nitrogen and oxygen atoms in total. The summed E-state index contributed by atoms with van der Waals surface area (Å²) in [6, 6.07) is 13.2. The normalized spacial score (nSPS) is 11.6. The summed E-state index contributed by atoms with van der Waals surface area (Å²) in [4.78, 5) is 14.7. The molecule has 0 atom stereocenters. The third kappa shape index (κ3) is 3.85. The van der Waals surface area contributed by atoms with Crippen LogP contribution < -0.4 is 15.0 Å². The van der Waals surface area contributed by atoms with Gasteiger partial charge in [0.25, 0.3) is 0 Å². The van der Waals surface area contributed by atoms with Crippen LogP contribution in [0.1, 0.15) is 26.3 Å². The lowest BCUT2D eigenvalue weighted by Gasteiger charge is -2.23. The van der Waals surface area contributed by atoms with Crippen molar-refractivity contribution in [3.63, 3.8) is 0 Å². The van der Waals surface area contributed by atoms with Gasteiger partial charge in [0.05, 0.1) is 7.11 Å². The highest BCUT2D eigenvalue weighted by molar-refractivity contribution is 9.10. The van der Waals surface area contributed by atoms with Gasteiger partial charge in [-0.15, -0.1) is 0 Å². The first-order chi connectivity index (χ1) is 14.3. The number of pyridine rings is 1. The monoisotopic (exact) mass is 467 g/mol. The van der Waals surface area contributed by atoms with Crippen LogP contribution in [0.4, 0.5) is 0 Å². The molecule has 2 heterocycles. The number of H-pyrrole nitrogens is 2. The fourth-order valence-corrected chi connectivity index (χ4v) is 3.77. The molecule has 0 radical (unpaired) electrons. The second-order valence-electron chi connectivity index (χ2n) is 8.05. The highest BCUT2D eigenvalue weighted by Crippen LogP contribution is 2.40. The first kappa shape index (κ1) is 20.2. The second-order valence-corrected chi connectivity index (χ2v) is 8.97. The summed E-state index contributed by atoms with van der Waals surface area (Å²) in [5.41, 5.74) is 2.90. The third-order valence-electron chi connectivity index (χ3n) is 4.89. The maximum atomic E-state index is 12.0. The summed E-state index contributed by atoms with van der Waals surface area (Å²) in [7, 11) is 1.60. The van der Waals surface area contributed by atoms with Gasteiger partial charge in [-0.1, -0.05) is 42.8 Å². The van der Waals surface area contributed by atoms with Gasteiger partial charge in [-0.05, 0) is 46.9 Å². The second kappa shape index (κ2) is 7.65. The SMILES string of the molecule is COc1cc(-c2cc(=O)[nH]c3n[nH]cc23)ccc1Oc1ccc(Br)cc1C(C)(C)C. The number of nitrogens with zero attached hydrogens (tertiary/aromatic N) is 1. The van der Waals surface area contributed by atoms with Crippen molar-refractivity contribution in [2.45, 2.75) is 26.2 Å². The van der Waals surface area contributed by atoms with Gasteiger partial charge in [-0.2, -0.15) is 5.10 Å². The summed E-state index contributed by atoms with van der Waals surface area (Å²) in [6.45, 7) is 6.43. The first-order valence-corrected chi connectivity index (χ1v) is 10.3. The van der Waals surface area contributed by atoms with Gasteiger partial charge < -0.3 is 14.5 Å². The van der Waals surface area contributed by atoms with Gasteiger partial charge in [0.1, 0.15) is 5.75 Å². The molecule has 2 aromatic carbocycles. The zero-order chi connectivity index (χ0) is 21.5. The van der Waals surface area contributed by atoms with Crippen molar-refractivity contribution in [2.75, 3.05) is 7.11 Å². The zero-order valence-electron chi connectivity index (χ0n) is 17.2. The maximum Gasteiger partial charge on any atom is 0.250 e. The molecule has 2 N–H and O–H groups in total. The van der Waals surface area contributed by atoms with E-state index in [4.69, 9.17) is 9.47 Å². The van der Waals surface area contributed by atoms with Gasteiger partial charge in [-0.3, -0.25) is 9.89 Å². The summed E-state index contributed by atoms with van der Waals surface area (Å²) < 4.78 is 12.9. The van der Waals surface area contributed by atoms with Crippen LogP contribution in [0.5, 0.6) is 17.2 Å². The van der Waals surface area contributed by atoms with E-state index >= 15 is 0 Å². The minimum atomic E-state index is -0.214. The summed E-state index contributed by atoms with van der Waals surface area (Å²) in [6.07, 6.45) is 1.76. The Morgan fingerprint density at radius 1 is 1.00 bits per heavy atom. The molecule has 0 unspecified atom stereocenters. The van der Waals surface area contributed by atoms with Crippen LogP contribution in [0.2, 0.25) is 0 Å². The van der Waals surface area contributed by atoms with Crippen molar-refractivity contribution >= 4 is 27.0 Å². The van der Waals surface area contributed by atoms with E-state index in [1.807, 2.05) is 30.3 Å². The molecule has 4 rings (SSSR count). The number of hydrogen-bond acceptors (Lipinski definition) is 4. The molecular formula is C23H22BrN3O3. The summed E-state index contributed by atoms with van der Waals surface area (Å²) >= 11 is 3.54. The molecule has 0 saturated heterocycles. The van der Waals surface area contributed by atoms with Crippen molar-refractivity contribution in [3.8, 4) is 28.4 Å². The molecule has 4 aromatic rings. The van der Waals surface area contributed by atoms with Crippen molar-refractivity contribution < 1.29 is 9.47 Å². The van der Waals surface area contributed by atoms with Gasteiger partial charge in [0.15, 0.2) is 17.1 Å². The van der Waals surface area contributed by atoms with Crippen LogP contribution >= 0.6 is 15.9 Å². The Hall–Kier alpha value is -3.06. The van der Waals surface area contributed by atoms with Gasteiger partial charge in [0, 0.05) is 27.7 Å². The number of nitrogens with one attached hydrogen (secondary N) is 2. The van der Waals surface area contributed by atoms with E-state index in [-0.39, 0.29) is 11.0 Å². The van der Waals surface area contributed by atoms with Crippen LogP contribution in [0.15, 0.2) is 57.9 Å². The van der Waals surface area contributed by atoms with Crippen molar-refractivity contribution in [2.24, 2.45) is 0 Å². The lowest BCUT2D eigenvalue weighted by atomic mass is 9.86. The van der Waals surface area contributed by atoms with E-state index < -0.39 is 0 Å². The molecule has 0 saturated carbocycles. The average molecular weight is 468 g/mol. The standard InChI is InChI=1S/C23H22BrN3O3/c1-23(2,3)17-10-14(24)6-8-18(17)30-19-7-5-13(9-20(19)29-4)15-11-21(28)26-22-16(15)12-25-27-22/h5-12H,1-4H3,(H2,25,26,27,28). The number of methoxy groups -OCH3 is 1. The minimum absolute atomic E-state index is 0.0930. The Labute approximate surface area is 182 Å². The Bertz CT molecular complexity index is 1290. The average Bonchev–Trinajstić information content (AvgIpc) is 3.16. The van der Waals surface area contributed by atoms with Crippen LogP contribution in [-0.4, -0.2) is 22.3 Å². The smallest absolute Gasteiger partial charge is 0.250 e. The predicted octanol–water partition coefficient (Wildman–Crippen LogP) is 5.78. The van der Waals surface area contributed by atoms with Crippen LogP contribution in [0.25, 0.3) is 22.2 Å². The molecule has 0 spiro atoms. The Kier molecular flexibility index (Phi) is 5.15. The maximum absolute atomic E-state index is 12.0. The Morgan fingerprint density at radius 3 is 2.50 bits per heavy atom. The molecule has 2 aromatic heterocycles. The Balaban J connectivity index is 1.78. The van der Waals surface area contributed by atoms with E-state index in [2.05, 4.69) is 57.9 Å². The van der Waals surface area contributed by atoms with Gasteiger partial charge in [-0.25, -0.2) is 0 Å². The molecule has 0 aliphatic rings. The highest BCUT2D eigenvalue weighted by Gasteiger charge is 2.21. The fraction of sp³-hybridized carbons (Fsp3) is 0.217. The number of ether oxygens (including phenoxy) is 2. The molecule has 0 bridgehead atoms. The lowest BCUT2D eigenvalue weighted by molar-refractivity contribution is 0.374. The quantitative estimate of drug-likeness (QED) is 0.398. The molecule has 0 fully saturated rings. The summed E-state index contributed by atoms with van der Waals surface area (Å²) in [5.74, 6) is 1.94. The van der Waals surface area contributed by atoms with E-state index in [0.717, 1.165) is 32.3 Å². The first-order valence-electron chi connectivity index (χ1n) is 9.49. The number of rotatable bonds is 4. The van der Waals surface area contributed by atoms with Crippen LogP contribution in [0.3, 0.4) is 0 Å². The zero-order valence-corrected chi connectivity index (χ0v) is 18.8. The number of aromatic nitrogens is 3. The van der Waals surface area contributed by atoms with Gasteiger partial charge >= 0.3 is 0 Å². The van der Waals surface area contributed by atoms with Crippen LogP contribution in [-0.2, 0) is 5.41 Å². The number of benzene rings is 2. The number of hydrogen-bond donors (Lipinski definition) is 2. The van der Waals surface area contributed by atoms with E-state index in [1.165, 1.54) is 0 Å². The fourth-order valence-electron chi connectivity index (χ4n) is 3.41. The molecular weight excluding hydrogens is 446 g/mol. The summed E-state index contributed by atoms with van der Waals surface area (Å²) in [5, 5.41) is 7.70. The van der Waals surface area contributed by atoms with E-state index in [1.54, 1.807) is 19.4 Å². The Morgan fingerprint density at radius 2 is 1.77 bits per heavy atom. The molecule has 0 aliphatic carbocycles. The van der Waals surface area contributed by atoms with Gasteiger partial charge in [0.2, 0.25) is 5.56 Å². The molecule has 30 heavy (non-hydrogen) atoms. The van der Waals surface area contributed by atoms with E-state index in [9.17, 15) is 4.79 Å². The topological polar surface area (TPSA) is 80.0 Å². The molecule has 154 valence electrons. The number of fused-ring (bicyclic) bond motifs is 1. The van der Waals surface area contributed by atoms with Crippen LogP contribution in [0, 0.1) is 0 Å².